The van der Waals surface area contributed by atoms with Crippen molar-refractivity contribution >= 4 is 45.0 Å². The highest BCUT2D eigenvalue weighted by Gasteiger charge is 2.12. The van der Waals surface area contributed by atoms with Gasteiger partial charge in [-0.25, -0.2) is 0 Å². The van der Waals surface area contributed by atoms with Crippen molar-refractivity contribution in [2.75, 3.05) is 32.2 Å². The lowest BCUT2D eigenvalue weighted by Gasteiger charge is -2.13. The van der Waals surface area contributed by atoms with Crippen LogP contribution in [0.25, 0.3) is 21.9 Å². The SMILES string of the molecule is CCOCCCNC(=S)Nc1cc2oc3ccccc3c2cc1OC. The van der Waals surface area contributed by atoms with Gasteiger partial charge in [0.25, 0.3) is 0 Å². The first-order chi connectivity index (χ1) is 12.2. The Hall–Kier alpha value is -2.31. The number of ether oxygens (including phenoxy) is 2. The van der Waals surface area contributed by atoms with Gasteiger partial charge in [-0.1, -0.05) is 18.2 Å². The van der Waals surface area contributed by atoms with Crippen LogP contribution in [0.1, 0.15) is 13.3 Å². The maximum Gasteiger partial charge on any atom is 0.170 e. The molecule has 0 aliphatic carbocycles. The fraction of sp³-hybridized carbons (Fsp3) is 0.316. The number of hydrogen-bond acceptors (Lipinski definition) is 4. The second-order valence-corrected chi connectivity index (χ2v) is 5.99. The molecule has 25 heavy (non-hydrogen) atoms. The summed E-state index contributed by atoms with van der Waals surface area (Å²) < 4.78 is 16.8. The lowest BCUT2D eigenvalue weighted by atomic mass is 10.1. The monoisotopic (exact) mass is 358 g/mol. The molecule has 1 heterocycles. The fourth-order valence-electron chi connectivity index (χ4n) is 2.71. The van der Waals surface area contributed by atoms with Crippen LogP contribution in [0.2, 0.25) is 0 Å². The number of benzene rings is 2. The van der Waals surface area contributed by atoms with Crippen LogP contribution in [0.4, 0.5) is 5.69 Å². The van der Waals surface area contributed by atoms with Crippen LogP contribution < -0.4 is 15.4 Å². The normalized spacial score (nSPS) is 11.0. The Labute approximate surface area is 152 Å². The molecule has 0 atom stereocenters. The number of fused-ring (bicyclic) bond motifs is 3. The van der Waals surface area contributed by atoms with Gasteiger partial charge >= 0.3 is 0 Å². The van der Waals surface area contributed by atoms with E-state index in [2.05, 4.69) is 10.6 Å². The third kappa shape index (κ3) is 4.03. The van der Waals surface area contributed by atoms with E-state index in [4.69, 9.17) is 26.1 Å². The standard InChI is InChI=1S/C19H22N2O3S/c1-3-23-10-6-9-20-19(25)21-15-12-17-14(11-18(15)22-2)13-7-4-5-8-16(13)24-17/h4-5,7-8,11-12H,3,6,9-10H2,1-2H3,(H2,20,21,25). The molecule has 6 heteroatoms. The van der Waals surface area contributed by atoms with Crippen molar-refractivity contribution in [3.05, 3.63) is 36.4 Å². The van der Waals surface area contributed by atoms with E-state index < -0.39 is 0 Å². The highest BCUT2D eigenvalue weighted by molar-refractivity contribution is 7.80. The molecule has 2 aromatic carbocycles. The highest BCUT2D eigenvalue weighted by atomic mass is 32.1. The Morgan fingerprint density at radius 2 is 2.00 bits per heavy atom. The van der Waals surface area contributed by atoms with Crippen molar-refractivity contribution in [2.45, 2.75) is 13.3 Å². The third-order valence-corrected chi connectivity index (χ3v) is 4.15. The van der Waals surface area contributed by atoms with Gasteiger partial charge < -0.3 is 24.5 Å². The lowest BCUT2D eigenvalue weighted by molar-refractivity contribution is 0.146. The average Bonchev–Trinajstić information content (AvgIpc) is 2.98. The summed E-state index contributed by atoms with van der Waals surface area (Å²) in [7, 11) is 1.65. The van der Waals surface area contributed by atoms with Gasteiger partial charge in [0.2, 0.25) is 0 Å². The lowest BCUT2D eigenvalue weighted by Crippen LogP contribution is -2.30. The van der Waals surface area contributed by atoms with Gasteiger partial charge in [0.15, 0.2) is 5.11 Å². The summed E-state index contributed by atoms with van der Waals surface area (Å²) in [5, 5.41) is 8.99. The fourth-order valence-corrected chi connectivity index (χ4v) is 2.92. The van der Waals surface area contributed by atoms with E-state index in [1.165, 1.54) is 0 Å². The summed E-state index contributed by atoms with van der Waals surface area (Å²) in [6, 6.07) is 11.8. The van der Waals surface area contributed by atoms with Crippen LogP contribution in [0.3, 0.4) is 0 Å². The second kappa shape index (κ2) is 8.18. The van der Waals surface area contributed by atoms with Crippen LogP contribution in [-0.4, -0.2) is 32.0 Å². The minimum absolute atomic E-state index is 0.547. The number of hydrogen-bond donors (Lipinski definition) is 2. The second-order valence-electron chi connectivity index (χ2n) is 5.58. The summed E-state index contributed by atoms with van der Waals surface area (Å²) in [6.45, 7) is 4.19. The Kier molecular flexibility index (Phi) is 5.73. The van der Waals surface area contributed by atoms with Crippen LogP contribution in [0.15, 0.2) is 40.8 Å². The van der Waals surface area contributed by atoms with Crippen LogP contribution in [0.5, 0.6) is 5.75 Å². The van der Waals surface area contributed by atoms with E-state index in [-0.39, 0.29) is 0 Å². The zero-order valence-electron chi connectivity index (χ0n) is 14.4. The molecule has 0 radical (unpaired) electrons. The largest absolute Gasteiger partial charge is 0.495 e. The summed E-state index contributed by atoms with van der Waals surface area (Å²) in [4.78, 5) is 0. The molecular weight excluding hydrogens is 336 g/mol. The van der Waals surface area contributed by atoms with Crippen molar-refractivity contribution in [1.82, 2.24) is 5.32 Å². The summed E-state index contributed by atoms with van der Waals surface area (Å²) in [5.41, 5.74) is 2.42. The number of furan rings is 1. The van der Waals surface area contributed by atoms with Gasteiger partial charge in [-0.05, 0) is 37.7 Å². The molecule has 0 unspecified atom stereocenters. The van der Waals surface area contributed by atoms with Crippen molar-refractivity contribution in [1.29, 1.82) is 0 Å². The Morgan fingerprint density at radius 3 is 2.80 bits per heavy atom. The zero-order chi connectivity index (χ0) is 17.6. The summed E-state index contributed by atoms with van der Waals surface area (Å²) in [5.74, 6) is 0.720. The van der Waals surface area contributed by atoms with Gasteiger partial charge in [-0.2, -0.15) is 0 Å². The zero-order valence-corrected chi connectivity index (χ0v) is 15.2. The van der Waals surface area contributed by atoms with Crippen molar-refractivity contribution in [3.63, 3.8) is 0 Å². The Balaban J connectivity index is 1.76. The first-order valence-corrected chi connectivity index (χ1v) is 8.75. The average molecular weight is 358 g/mol. The minimum atomic E-state index is 0.547. The number of methoxy groups -OCH3 is 1. The van der Waals surface area contributed by atoms with Crippen molar-refractivity contribution < 1.29 is 13.9 Å². The molecular formula is C19H22N2O3S. The number of anilines is 1. The number of para-hydroxylation sites is 1. The molecule has 0 aliphatic heterocycles. The van der Waals surface area contributed by atoms with E-state index in [0.29, 0.717) is 5.11 Å². The molecule has 2 N–H and O–H groups in total. The first-order valence-electron chi connectivity index (χ1n) is 8.34. The highest BCUT2D eigenvalue weighted by Crippen LogP contribution is 2.36. The molecule has 0 fully saturated rings. The van der Waals surface area contributed by atoms with Gasteiger partial charge in [0, 0.05) is 36.6 Å². The van der Waals surface area contributed by atoms with Crippen LogP contribution >= 0.6 is 12.2 Å². The molecule has 0 bridgehead atoms. The van der Waals surface area contributed by atoms with Gasteiger partial charge in [0.05, 0.1) is 12.8 Å². The van der Waals surface area contributed by atoms with Crippen LogP contribution in [-0.2, 0) is 4.74 Å². The summed E-state index contributed by atoms with van der Waals surface area (Å²) >= 11 is 5.36. The minimum Gasteiger partial charge on any atom is -0.495 e. The molecule has 3 rings (SSSR count). The Bertz CT molecular complexity index is 876. The maximum atomic E-state index is 5.92. The van der Waals surface area contributed by atoms with E-state index in [0.717, 1.165) is 59.6 Å². The van der Waals surface area contributed by atoms with Crippen LogP contribution in [0, 0.1) is 0 Å². The van der Waals surface area contributed by atoms with E-state index in [1.54, 1.807) is 7.11 Å². The molecule has 5 nitrogen and oxygen atoms in total. The molecule has 0 amide bonds. The molecule has 0 aliphatic rings. The summed E-state index contributed by atoms with van der Waals surface area (Å²) in [6.07, 6.45) is 0.898. The Morgan fingerprint density at radius 1 is 1.16 bits per heavy atom. The number of nitrogens with one attached hydrogen (secondary N) is 2. The molecule has 0 spiro atoms. The number of thiocarbonyl (C=S) groups is 1. The van der Waals surface area contributed by atoms with Crippen molar-refractivity contribution in [2.24, 2.45) is 0 Å². The van der Waals surface area contributed by atoms with Gasteiger partial charge in [-0.15, -0.1) is 0 Å². The van der Waals surface area contributed by atoms with E-state index >= 15 is 0 Å². The molecule has 1 aromatic heterocycles. The molecule has 0 saturated heterocycles. The van der Waals surface area contributed by atoms with Gasteiger partial charge in [-0.3, -0.25) is 0 Å². The van der Waals surface area contributed by atoms with Gasteiger partial charge in [0.1, 0.15) is 16.9 Å². The predicted octanol–water partition coefficient (Wildman–Crippen LogP) is 4.31. The first kappa shape index (κ1) is 17.5. The quantitative estimate of drug-likeness (QED) is 0.485. The smallest absolute Gasteiger partial charge is 0.170 e. The molecule has 0 saturated carbocycles. The predicted molar refractivity (Wildman–Crippen MR) is 106 cm³/mol. The third-order valence-electron chi connectivity index (χ3n) is 3.90. The van der Waals surface area contributed by atoms with E-state index in [9.17, 15) is 0 Å². The number of rotatable bonds is 7. The molecule has 132 valence electrons. The maximum absolute atomic E-state index is 5.92. The molecule has 3 aromatic rings. The van der Waals surface area contributed by atoms with E-state index in [1.807, 2.05) is 43.3 Å². The van der Waals surface area contributed by atoms with Crippen molar-refractivity contribution in [3.8, 4) is 5.75 Å². The topological polar surface area (TPSA) is 55.7 Å².